The fourth-order valence-corrected chi connectivity index (χ4v) is 2.68. The van der Waals surface area contributed by atoms with Crippen LogP contribution >= 0.6 is 0 Å². The Labute approximate surface area is 118 Å². The van der Waals surface area contributed by atoms with E-state index < -0.39 is 11.5 Å². The lowest BCUT2D eigenvalue weighted by Gasteiger charge is -2.34. The highest BCUT2D eigenvalue weighted by atomic mass is 16.4. The van der Waals surface area contributed by atoms with E-state index >= 15 is 0 Å². The number of hydrogen-bond donors (Lipinski definition) is 3. The molecule has 1 saturated carbocycles. The quantitative estimate of drug-likeness (QED) is 0.730. The van der Waals surface area contributed by atoms with Gasteiger partial charge in [-0.3, -0.25) is 4.79 Å². The van der Waals surface area contributed by atoms with Crippen molar-refractivity contribution in [1.29, 1.82) is 0 Å². The third kappa shape index (κ3) is 3.29. The lowest BCUT2D eigenvalue weighted by Crippen LogP contribution is -2.55. The van der Waals surface area contributed by atoms with Gasteiger partial charge in [0.15, 0.2) is 0 Å². The molecule has 0 aromatic heterocycles. The van der Waals surface area contributed by atoms with Crippen molar-refractivity contribution in [1.82, 2.24) is 5.32 Å². The number of hydrogen-bond acceptors (Lipinski definition) is 3. The van der Waals surface area contributed by atoms with Gasteiger partial charge in [0, 0.05) is 5.69 Å². The number of carbonyl (C=O) groups is 2. The van der Waals surface area contributed by atoms with E-state index in [1.165, 1.54) is 0 Å². The first kappa shape index (κ1) is 14.4. The van der Waals surface area contributed by atoms with Gasteiger partial charge >= 0.3 is 5.97 Å². The first-order valence-corrected chi connectivity index (χ1v) is 6.91. The molecule has 1 amide bonds. The van der Waals surface area contributed by atoms with Crippen molar-refractivity contribution in [3.8, 4) is 0 Å². The Hall–Kier alpha value is -2.04. The third-order valence-electron chi connectivity index (χ3n) is 3.84. The van der Waals surface area contributed by atoms with E-state index in [0.29, 0.717) is 18.5 Å². The maximum Gasteiger partial charge on any atom is 0.329 e. The van der Waals surface area contributed by atoms with Crippen LogP contribution in [0.3, 0.4) is 0 Å². The molecular weight excluding hydrogens is 256 g/mol. The number of nitrogens with two attached hydrogens (primary N) is 1. The van der Waals surface area contributed by atoms with Gasteiger partial charge in [0.05, 0.1) is 6.42 Å². The van der Waals surface area contributed by atoms with Crippen molar-refractivity contribution in [2.45, 2.75) is 44.1 Å². The van der Waals surface area contributed by atoms with Crippen molar-refractivity contribution in [2.75, 3.05) is 5.73 Å². The van der Waals surface area contributed by atoms with Crippen LogP contribution in [0.1, 0.15) is 37.7 Å². The smallest absolute Gasteiger partial charge is 0.329 e. The predicted molar refractivity (Wildman–Crippen MR) is 76.2 cm³/mol. The van der Waals surface area contributed by atoms with E-state index in [1.807, 2.05) is 0 Å². The zero-order valence-electron chi connectivity index (χ0n) is 11.4. The minimum absolute atomic E-state index is 0.176. The number of aliphatic carboxylic acids is 1. The fourth-order valence-electron chi connectivity index (χ4n) is 2.68. The molecule has 0 unspecified atom stereocenters. The van der Waals surface area contributed by atoms with Crippen molar-refractivity contribution < 1.29 is 14.7 Å². The highest BCUT2D eigenvalue weighted by molar-refractivity contribution is 5.88. The van der Waals surface area contributed by atoms with Crippen LogP contribution < -0.4 is 11.1 Å². The molecule has 1 aromatic carbocycles. The molecule has 0 spiro atoms. The number of carboxylic acids is 1. The van der Waals surface area contributed by atoms with Gasteiger partial charge in [-0.05, 0) is 30.5 Å². The highest BCUT2D eigenvalue weighted by Gasteiger charge is 2.40. The number of carboxylic acid groups (broad SMARTS) is 1. The molecule has 20 heavy (non-hydrogen) atoms. The molecule has 1 aromatic rings. The molecule has 1 aliphatic rings. The standard InChI is InChI=1S/C15H20N2O3/c16-12-6-4-11(5-7-12)10-13(18)17-15(14(19)20)8-2-1-3-9-15/h4-7H,1-3,8-10,16H2,(H,17,18)(H,19,20). The normalized spacial score (nSPS) is 17.4. The first-order valence-electron chi connectivity index (χ1n) is 6.91. The molecule has 5 nitrogen and oxygen atoms in total. The Morgan fingerprint density at radius 3 is 2.30 bits per heavy atom. The summed E-state index contributed by atoms with van der Waals surface area (Å²) in [7, 11) is 0. The fraction of sp³-hybridized carbons (Fsp3) is 0.467. The zero-order valence-corrected chi connectivity index (χ0v) is 11.4. The minimum atomic E-state index is -1.08. The van der Waals surface area contributed by atoms with Crippen molar-refractivity contribution in [2.24, 2.45) is 0 Å². The zero-order chi connectivity index (χ0) is 14.6. The molecule has 1 aliphatic carbocycles. The lowest BCUT2D eigenvalue weighted by atomic mass is 9.81. The molecule has 0 radical (unpaired) electrons. The number of rotatable bonds is 4. The molecule has 108 valence electrons. The van der Waals surface area contributed by atoms with Crippen molar-refractivity contribution in [3.05, 3.63) is 29.8 Å². The van der Waals surface area contributed by atoms with Gasteiger partial charge in [-0.2, -0.15) is 0 Å². The molecular formula is C15H20N2O3. The van der Waals surface area contributed by atoms with Gasteiger partial charge in [-0.15, -0.1) is 0 Å². The molecule has 0 atom stereocenters. The van der Waals surface area contributed by atoms with Crippen LogP contribution in [-0.2, 0) is 16.0 Å². The minimum Gasteiger partial charge on any atom is -0.480 e. The summed E-state index contributed by atoms with van der Waals surface area (Å²) < 4.78 is 0. The van der Waals surface area contributed by atoms with Gasteiger partial charge in [-0.1, -0.05) is 31.4 Å². The molecule has 1 fully saturated rings. The van der Waals surface area contributed by atoms with Crippen molar-refractivity contribution in [3.63, 3.8) is 0 Å². The number of carbonyl (C=O) groups excluding carboxylic acids is 1. The summed E-state index contributed by atoms with van der Waals surface area (Å²) in [6, 6.07) is 7.03. The molecule has 0 aliphatic heterocycles. The molecule has 5 heteroatoms. The summed E-state index contributed by atoms with van der Waals surface area (Å²) in [5.74, 6) is -1.18. The van der Waals surface area contributed by atoms with Gasteiger partial charge in [-0.25, -0.2) is 4.79 Å². The monoisotopic (exact) mass is 276 g/mol. The molecule has 0 heterocycles. The van der Waals surface area contributed by atoms with Crippen LogP contribution in [0.15, 0.2) is 24.3 Å². The van der Waals surface area contributed by atoms with Gasteiger partial charge in [0.25, 0.3) is 0 Å². The maximum absolute atomic E-state index is 12.1. The summed E-state index contributed by atoms with van der Waals surface area (Å²) in [6.07, 6.45) is 3.91. The summed E-state index contributed by atoms with van der Waals surface area (Å²) in [6.45, 7) is 0. The number of nitrogen functional groups attached to an aromatic ring is 1. The number of benzene rings is 1. The Bertz CT molecular complexity index is 490. The molecule has 4 N–H and O–H groups in total. The second kappa shape index (κ2) is 5.94. The van der Waals surface area contributed by atoms with Crippen LogP contribution in [0.2, 0.25) is 0 Å². The van der Waals surface area contributed by atoms with E-state index in [9.17, 15) is 14.7 Å². The topological polar surface area (TPSA) is 92.4 Å². The van der Waals surface area contributed by atoms with E-state index in [2.05, 4.69) is 5.32 Å². The Morgan fingerprint density at radius 1 is 1.15 bits per heavy atom. The summed E-state index contributed by atoms with van der Waals surface area (Å²) in [5, 5.41) is 12.1. The average molecular weight is 276 g/mol. The molecule has 2 rings (SSSR count). The average Bonchev–Trinajstić information content (AvgIpc) is 2.42. The van der Waals surface area contributed by atoms with Gasteiger partial charge in [0.2, 0.25) is 5.91 Å². The molecule has 0 bridgehead atoms. The number of anilines is 1. The van der Waals surface area contributed by atoms with Crippen molar-refractivity contribution >= 4 is 17.6 Å². The number of amides is 1. The largest absolute Gasteiger partial charge is 0.480 e. The van der Waals surface area contributed by atoms with Crippen LogP contribution in [0, 0.1) is 0 Å². The SMILES string of the molecule is Nc1ccc(CC(=O)NC2(C(=O)O)CCCCC2)cc1. The van der Waals surface area contributed by atoms with Gasteiger partial charge in [0.1, 0.15) is 5.54 Å². The lowest BCUT2D eigenvalue weighted by molar-refractivity contribution is -0.149. The Kier molecular flexibility index (Phi) is 4.27. The molecule has 0 saturated heterocycles. The highest BCUT2D eigenvalue weighted by Crippen LogP contribution is 2.28. The van der Waals surface area contributed by atoms with Crippen LogP contribution in [-0.4, -0.2) is 22.5 Å². The predicted octanol–water partition coefficient (Wildman–Crippen LogP) is 1.71. The second-order valence-corrected chi connectivity index (χ2v) is 5.41. The first-order chi connectivity index (χ1) is 9.52. The maximum atomic E-state index is 12.1. The summed E-state index contributed by atoms with van der Waals surface area (Å²) in [5.41, 5.74) is 5.98. The second-order valence-electron chi connectivity index (χ2n) is 5.41. The summed E-state index contributed by atoms with van der Waals surface area (Å²) in [4.78, 5) is 23.5. The Morgan fingerprint density at radius 2 is 1.75 bits per heavy atom. The van der Waals surface area contributed by atoms with Crippen LogP contribution in [0.25, 0.3) is 0 Å². The number of nitrogens with one attached hydrogen (secondary N) is 1. The van der Waals surface area contributed by atoms with E-state index in [-0.39, 0.29) is 12.3 Å². The van der Waals surface area contributed by atoms with E-state index in [1.54, 1.807) is 24.3 Å². The summed E-state index contributed by atoms with van der Waals surface area (Å²) >= 11 is 0. The van der Waals surface area contributed by atoms with E-state index in [0.717, 1.165) is 24.8 Å². The van der Waals surface area contributed by atoms with E-state index in [4.69, 9.17) is 5.73 Å². The Balaban J connectivity index is 2.01. The third-order valence-corrected chi connectivity index (χ3v) is 3.84. The van der Waals surface area contributed by atoms with Crippen LogP contribution in [0.4, 0.5) is 5.69 Å². The van der Waals surface area contributed by atoms with Crippen LogP contribution in [0.5, 0.6) is 0 Å². The van der Waals surface area contributed by atoms with Gasteiger partial charge < -0.3 is 16.2 Å².